The lowest BCUT2D eigenvalue weighted by Crippen LogP contribution is -2.49. The Hall–Kier alpha value is -1.52. The lowest BCUT2D eigenvalue weighted by Gasteiger charge is -2.27. The minimum absolute atomic E-state index is 0.0930. The molecule has 14 heavy (non-hydrogen) atoms. The van der Waals surface area contributed by atoms with Gasteiger partial charge in [0.25, 0.3) is 0 Å². The van der Waals surface area contributed by atoms with Crippen LogP contribution in [0.4, 0.5) is 4.79 Å². The van der Waals surface area contributed by atoms with Crippen LogP contribution in [0.5, 0.6) is 0 Å². The molecule has 0 unspecified atom stereocenters. The highest BCUT2D eigenvalue weighted by Gasteiger charge is 2.43. The summed E-state index contributed by atoms with van der Waals surface area (Å²) < 4.78 is 4.92. The van der Waals surface area contributed by atoms with Gasteiger partial charge in [0.05, 0.1) is 11.6 Å². The van der Waals surface area contributed by atoms with Gasteiger partial charge in [0.1, 0.15) is 6.61 Å². The molecular formula is C9H10N2O3. The quantitative estimate of drug-likeness (QED) is 0.551. The zero-order chi connectivity index (χ0) is 9.71. The van der Waals surface area contributed by atoms with Gasteiger partial charge in [-0.15, -0.1) is 0 Å². The van der Waals surface area contributed by atoms with E-state index in [9.17, 15) is 9.59 Å². The lowest BCUT2D eigenvalue weighted by atomic mass is 10.0. The molecule has 2 fully saturated rings. The predicted octanol–water partition coefficient (Wildman–Crippen LogP) is -0.0151. The molecule has 74 valence electrons. The van der Waals surface area contributed by atoms with Crippen molar-refractivity contribution in [2.24, 2.45) is 0 Å². The van der Waals surface area contributed by atoms with Crippen molar-refractivity contribution in [1.29, 1.82) is 0 Å². The van der Waals surface area contributed by atoms with Crippen LogP contribution < -0.4 is 5.32 Å². The number of rotatable bonds is 0. The number of esters is 1. The van der Waals surface area contributed by atoms with Crippen LogP contribution in [-0.4, -0.2) is 36.1 Å². The summed E-state index contributed by atoms with van der Waals surface area (Å²) in [5.74, 6) is -0.267. The number of ether oxygens (including phenoxy) is 1. The van der Waals surface area contributed by atoms with Crippen molar-refractivity contribution in [3.8, 4) is 0 Å². The van der Waals surface area contributed by atoms with Crippen LogP contribution in [0.2, 0.25) is 0 Å². The van der Waals surface area contributed by atoms with Gasteiger partial charge in [-0.25, -0.2) is 9.59 Å². The summed E-state index contributed by atoms with van der Waals surface area (Å²) in [4.78, 5) is 24.6. The molecule has 0 aromatic heterocycles. The Morgan fingerprint density at radius 2 is 2.29 bits per heavy atom. The second-order valence-corrected chi connectivity index (χ2v) is 3.72. The van der Waals surface area contributed by atoms with Gasteiger partial charge in [-0.05, 0) is 12.8 Å². The molecule has 0 aliphatic carbocycles. The zero-order valence-corrected chi connectivity index (χ0v) is 7.58. The molecule has 1 atom stereocenters. The number of nitrogens with one attached hydrogen (secondary N) is 1. The predicted molar refractivity (Wildman–Crippen MR) is 46.2 cm³/mol. The number of fused-ring (bicyclic) bond motifs is 2. The topological polar surface area (TPSA) is 58.6 Å². The second-order valence-electron chi connectivity index (χ2n) is 3.72. The van der Waals surface area contributed by atoms with Gasteiger partial charge in [0.15, 0.2) is 0 Å². The number of hydrogen-bond donors (Lipinski definition) is 1. The zero-order valence-electron chi connectivity index (χ0n) is 7.58. The van der Waals surface area contributed by atoms with Crippen LogP contribution in [0.3, 0.4) is 0 Å². The molecule has 3 aliphatic heterocycles. The Morgan fingerprint density at radius 1 is 1.43 bits per heavy atom. The summed E-state index contributed by atoms with van der Waals surface area (Å²) in [6.45, 7) is 1.00. The molecule has 0 saturated carbocycles. The van der Waals surface area contributed by atoms with Crippen LogP contribution in [0, 0.1) is 0 Å². The fourth-order valence-corrected chi connectivity index (χ4v) is 2.30. The van der Waals surface area contributed by atoms with Crippen molar-refractivity contribution in [2.45, 2.75) is 18.9 Å². The first-order chi connectivity index (χ1) is 6.77. The van der Waals surface area contributed by atoms with Gasteiger partial charge in [0.2, 0.25) is 0 Å². The number of allylic oxidation sites excluding steroid dienone is 1. The van der Waals surface area contributed by atoms with E-state index in [1.807, 2.05) is 0 Å². The minimum Gasteiger partial charge on any atom is -0.460 e. The smallest absolute Gasteiger partial charge is 0.338 e. The Kier molecular flexibility index (Phi) is 1.40. The molecule has 0 radical (unpaired) electrons. The van der Waals surface area contributed by atoms with Gasteiger partial charge in [-0.1, -0.05) is 0 Å². The van der Waals surface area contributed by atoms with Crippen molar-refractivity contribution < 1.29 is 14.3 Å². The van der Waals surface area contributed by atoms with Crippen molar-refractivity contribution in [1.82, 2.24) is 10.2 Å². The Labute approximate surface area is 80.7 Å². The molecule has 3 aliphatic rings. The molecule has 5 heteroatoms. The summed E-state index contributed by atoms with van der Waals surface area (Å²) in [7, 11) is 0. The van der Waals surface area contributed by atoms with Crippen LogP contribution in [0.25, 0.3) is 0 Å². The molecular weight excluding hydrogens is 184 g/mol. The van der Waals surface area contributed by atoms with Crippen molar-refractivity contribution in [3.05, 3.63) is 11.3 Å². The van der Waals surface area contributed by atoms with E-state index in [2.05, 4.69) is 5.32 Å². The monoisotopic (exact) mass is 194 g/mol. The first kappa shape index (κ1) is 7.84. The van der Waals surface area contributed by atoms with Crippen LogP contribution >= 0.6 is 0 Å². The maximum Gasteiger partial charge on any atom is 0.338 e. The fraction of sp³-hybridized carbons (Fsp3) is 0.556. The van der Waals surface area contributed by atoms with Gasteiger partial charge < -0.3 is 10.1 Å². The van der Waals surface area contributed by atoms with E-state index in [1.165, 1.54) is 0 Å². The lowest BCUT2D eigenvalue weighted by molar-refractivity contribution is -0.135. The molecule has 3 rings (SSSR count). The third-order valence-electron chi connectivity index (χ3n) is 2.92. The highest BCUT2D eigenvalue weighted by Crippen LogP contribution is 2.32. The van der Waals surface area contributed by atoms with Crippen molar-refractivity contribution >= 4 is 12.0 Å². The second kappa shape index (κ2) is 2.50. The summed E-state index contributed by atoms with van der Waals surface area (Å²) in [5.41, 5.74) is 1.54. The number of cyclic esters (lactones) is 1. The third-order valence-corrected chi connectivity index (χ3v) is 2.92. The van der Waals surface area contributed by atoms with Crippen molar-refractivity contribution in [3.63, 3.8) is 0 Å². The van der Waals surface area contributed by atoms with Crippen LogP contribution in [-0.2, 0) is 9.53 Å². The highest BCUT2D eigenvalue weighted by atomic mass is 16.5. The number of carbonyl (C=O) groups excluding carboxylic acids is 2. The largest absolute Gasteiger partial charge is 0.460 e. The standard InChI is InChI=1S/C9H10N2O3/c12-8-7-5(4-14-8)10-9(13)11-3-1-2-6(7)11/h5H,1-4H2,(H,10,13)/t5-/m1/s1. The first-order valence-electron chi connectivity index (χ1n) is 4.75. The first-order valence-corrected chi connectivity index (χ1v) is 4.75. The Balaban J connectivity index is 2.12. The van der Waals surface area contributed by atoms with E-state index >= 15 is 0 Å². The molecule has 0 aromatic rings. The van der Waals surface area contributed by atoms with E-state index in [0.717, 1.165) is 18.5 Å². The maximum atomic E-state index is 11.5. The van der Waals surface area contributed by atoms with Gasteiger partial charge >= 0.3 is 12.0 Å². The molecule has 0 aromatic carbocycles. The van der Waals surface area contributed by atoms with Gasteiger partial charge in [-0.2, -0.15) is 0 Å². The van der Waals surface area contributed by atoms with E-state index < -0.39 is 0 Å². The number of nitrogens with zero attached hydrogens (tertiary/aromatic N) is 1. The Morgan fingerprint density at radius 3 is 3.14 bits per heavy atom. The molecule has 5 nitrogen and oxygen atoms in total. The van der Waals surface area contributed by atoms with Crippen LogP contribution in [0.1, 0.15) is 12.8 Å². The van der Waals surface area contributed by atoms with E-state index in [-0.39, 0.29) is 24.6 Å². The minimum atomic E-state index is -0.267. The number of amides is 2. The van der Waals surface area contributed by atoms with Crippen LogP contribution in [0.15, 0.2) is 11.3 Å². The maximum absolute atomic E-state index is 11.5. The number of carbonyl (C=O) groups is 2. The summed E-state index contributed by atoms with van der Waals surface area (Å²) >= 11 is 0. The molecule has 3 heterocycles. The van der Waals surface area contributed by atoms with Gasteiger partial charge in [0, 0.05) is 12.2 Å². The Bertz CT molecular complexity index is 361. The van der Waals surface area contributed by atoms with Crippen molar-refractivity contribution in [2.75, 3.05) is 13.2 Å². The average molecular weight is 194 g/mol. The molecule has 2 amide bonds. The van der Waals surface area contributed by atoms with E-state index in [4.69, 9.17) is 4.74 Å². The molecule has 0 spiro atoms. The highest BCUT2D eigenvalue weighted by molar-refractivity contribution is 5.97. The number of hydrogen-bond acceptors (Lipinski definition) is 3. The SMILES string of the molecule is O=C1OC[C@H]2NC(=O)N3CCCC3=C12. The number of urea groups is 1. The summed E-state index contributed by atoms with van der Waals surface area (Å²) in [6.07, 6.45) is 1.75. The van der Waals surface area contributed by atoms with E-state index in [0.29, 0.717) is 12.1 Å². The fourth-order valence-electron chi connectivity index (χ4n) is 2.30. The molecule has 2 saturated heterocycles. The molecule has 1 N–H and O–H groups in total. The van der Waals surface area contributed by atoms with Gasteiger partial charge in [-0.3, -0.25) is 4.90 Å². The summed E-state index contributed by atoms with van der Waals surface area (Å²) in [5, 5.41) is 2.76. The summed E-state index contributed by atoms with van der Waals surface area (Å²) in [6, 6.07) is -0.302. The van der Waals surface area contributed by atoms with E-state index in [1.54, 1.807) is 4.90 Å². The normalized spacial score (nSPS) is 30.0. The molecule has 0 bridgehead atoms. The third kappa shape index (κ3) is 0.840. The average Bonchev–Trinajstić information content (AvgIpc) is 2.72.